The first-order valence-electron chi connectivity index (χ1n) is 13.1. The molecular formula is C28H33F3N4O2. The van der Waals surface area contributed by atoms with Gasteiger partial charge >= 0.3 is 6.18 Å². The first kappa shape index (κ1) is 25.7. The van der Waals surface area contributed by atoms with E-state index in [9.17, 15) is 22.8 Å². The van der Waals surface area contributed by atoms with Crippen LogP contribution in [0.4, 0.5) is 13.2 Å². The minimum atomic E-state index is -4.52. The standard InChI is InChI=1S/C28H33F3N4O2/c29-28(30,31)22-5-3-4-21(16-22)26(37)33-17-25(36)35-15-12-27(19-35)11-14-34(18-27)23-9-7-20(8-10-23)24-6-1-2-13-32-24/h1-6,13,16,20,23H,7-12,14-15,17-19H2,(H,33,37). The van der Waals surface area contributed by atoms with E-state index in [1.54, 1.807) is 4.90 Å². The molecule has 198 valence electrons. The summed E-state index contributed by atoms with van der Waals surface area (Å²) >= 11 is 0. The third kappa shape index (κ3) is 5.81. The zero-order chi connectivity index (χ0) is 26.0. The number of nitrogens with one attached hydrogen (secondary N) is 1. The fourth-order valence-corrected chi connectivity index (χ4v) is 6.32. The van der Waals surface area contributed by atoms with Crippen molar-refractivity contribution in [2.75, 3.05) is 32.7 Å². The highest BCUT2D eigenvalue weighted by Crippen LogP contribution is 2.43. The van der Waals surface area contributed by atoms with Gasteiger partial charge in [-0.05, 0) is 75.4 Å². The SMILES string of the molecule is O=C(NCC(=O)N1CCC2(CCN(C3CCC(c4ccccn4)CC3)C2)C1)c1cccc(C(F)(F)F)c1. The van der Waals surface area contributed by atoms with Gasteiger partial charge in [-0.3, -0.25) is 19.5 Å². The van der Waals surface area contributed by atoms with Crippen LogP contribution in [0.15, 0.2) is 48.7 Å². The summed E-state index contributed by atoms with van der Waals surface area (Å²) in [5, 5.41) is 2.50. The smallest absolute Gasteiger partial charge is 0.343 e. The topological polar surface area (TPSA) is 65.5 Å². The Hall–Kier alpha value is -2.94. The Labute approximate surface area is 215 Å². The summed E-state index contributed by atoms with van der Waals surface area (Å²) in [5.41, 5.74) is 0.302. The van der Waals surface area contributed by atoms with Gasteiger partial charge in [0.2, 0.25) is 5.91 Å². The summed E-state index contributed by atoms with van der Waals surface area (Å²) < 4.78 is 38.8. The fourth-order valence-electron chi connectivity index (χ4n) is 6.32. The molecular weight excluding hydrogens is 481 g/mol. The predicted molar refractivity (Wildman–Crippen MR) is 133 cm³/mol. The molecule has 1 aromatic carbocycles. The van der Waals surface area contributed by atoms with Crippen molar-refractivity contribution < 1.29 is 22.8 Å². The number of aromatic nitrogens is 1. The number of rotatable bonds is 5. The highest BCUT2D eigenvalue weighted by atomic mass is 19.4. The van der Waals surface area contributed by atoms with E-state index in [2.05, 4.69) is 27.3 Å². The van der Waals surface area contributed by atoms with Gasteiger partial charge in [-0.2, -0.15) is 13.2 Å². The Balaban J connectivity index is 1.09. The summed E-state index contributed by atoms with van der Waals surface area (Å²) in [6.07, 6.45) is 4.00. The third-order valence-corrected chi connectivity index (χ3v) is 8.43. The van der Waals surface area contributed by atoms with Crippen LogP contribution >= 0.6 is 0 Å². The number of hydrogen-bond acceptors (Lipinski definition) is 4. The van der Waals surface area contributed by atoms with E-state index in [1.807, 2.05) is 12.3 Å². The predicted octanol–water partition coefficient (Wildman–Crippen LogP) is 4.48. The number of amides is 2. The summed E-state index contributed by atoms with van der Waals surface area (Å²) in [5.74, 6) is -0.326. The van der Waals surface area contributed by atoms with Crippen LogP contribution in [-0.4, -0.2) is 65.4 Å². The van der Waals surface area contributed by atoms with Crippen LogP contribution in [0, 0.1) is 5.41 Å². The molecule has 9 heteroatoms. The maximum Gasteiger partial charge on any atom is 0.416 e. The zero-order valence-corrected chi connectivity index (χ0v) is 20.8. The molecule has 1 atom stereocenters. The normalized spacial score (nSPS) is 26.5. The first-order valence-corrected chi connectivity index (χ1v) is 13.1. The fraction of sp³-hybridized carbons (Fsp3) is 0.536. The van der Waals surface area contributed by atoms with Gasteiger partial charge in [-0.15, -0.1) is 0 Å². The van der Waals surface area contributed by atoms with Crippen molar-refractivity contribution >= 4 is 11.8 Å². The molecule has 2 aliphatic heterocycles. The molecule has 1 aromatic heterocycles. The Morgan fingerprint density at radius 3 is 2.51 bits per heavy atom. The molecule has 6 nitrogen and oxygen atoms in total. The Morgan fingerprint density at radius 1 is 1.00 bits per heavy atom. The van der Waals surface area contributed by atoms with E-state index >= 15 is 0 Å². The number of carbonyl (C=O) groups excluding carboxylic acids is 2. The van der Waals surface area contributed by atoms with Crippen molar-refractivity contribution in [3.63, 3.8) is 0 Å². The summed E-state index contributed by atoms with van der Waals surface area (Å²) in [6, 6.07) is 11.0. The number of pyridine rings is 1. The number of alkyl halides is 3. The molecule has 1 spiro atoms. The van der Waals surface area contributed by atoms with Crippen LogP contribution < -0.4 is 5.32 Å². The van der Waals surface area contributed by atoms with Crippen LogP contribution in [-0.2, 0) is 11.0 Å². The Kier molecular flexibility index (Phi) is 7.25. The van der Waals surface area contributed by atoms with Crippen LogP contribution in [0.25, 0.3) is 0 Å². The maximum absolute atomic E-state index is 12.9. The van der Waals surface area contributed by atoms with Crippen LogP contribution in [0.2, 0.25) is 0 Å². The average molecular weight is 515 g/mol. The van der Waals surface area contributed by atoms with Gasteiger partial charge in [0.05, 0.1) is 12.1 Å². The van der Waals surface area contributed by atoms with Crippen molar-refractivity contribution in [2.24, 2.45) is 5.41 Å². The molecule has 3 heterocycles. The van der Waals surface area contributed by atoms with E-state index in [0.717, 1.165) is 50.9 Å². The molecule has 2 aromatic rings. The van der Waals surface area contributed by atoms with E-state index in [-0.39, 0.29) is 23.4 Å². The van der Waals surface area contributed by atoms with Crippen LogP contribution in [0.1, 0.15) is 66.1 Å². The molecule has 1 saturated carbocycles. The van der Waals surface area contributed by atoms with Gasteiger partial charge in [0.25, 0.3) is 5.91 Å². The van der Waals surface area contributed by atoms with Gasteiger partial charge in [-0.25, -0.2) is 0 Å². The van der Waals surface area contributed by atoms with Crippen molar-refractivity contribution in [3.05, 3.63) is 65.5 Å². The largest absolute Gasteiger partial charge is 0.416 e. The van der Waals surface area contributed by atoms with Crippen molar-refractivity contribution in [2.45, 2.75) is 56.7 Å². The number of halogens is 3. The van der Waals surface area contributed by atoms with Crippen LogP contribution in [0.3, 0.4) is 0 Å². The maximum atomic E-state index is 12.9. The van der Waals surface area contributed by atoms with Gasteiger partial charge in [0.15, 0.2) is 0 Å². The molecule has 0 bridgehead atoms. The molecule has 0 radical (unpaired) electrons. The molecule has 37 heavy (non-hydrogen) atoms. The summed E-state index contributed by atoms with van der Waals surface area (Å²) in [7, 11) is 0. The second-order valence-electron chi connectivity index (χ2n) is 10.8. The molecule has 3 aliphatic rings. The number of likely N-dealkylation sites (tertiary alicyclic amines) is 2. The number of carbonyl (C=O) groups is 2. The monoisotopic (exact) mass is 514 g/mol. The zero-order valence-electron chi connectivity index (χ0n) is 20.8. The first-order chi connectivity index (χ1) is 17.7. The summed E-state index contributed by atoms with van der Waals surface area (Å²) in [4.78, 5) is 34.1. The molecule has 5 rings (SSSR count). The van der Waals surface area contributed by atoms with Crippen molar-refractivity contribution in [3.8, 4) is 0 Å². The van der Waals surface area contributed by atoms with E-state index in [1.165, 1.54) is 30.7 Å². The molecule has 2 saturated heterocycles. The van der Waals surface area contributed by atoms with Crippen LogP contribution in [0.5, 0.6) is 0 Å². The minimum Gasteiger partial charge on any atom is -0.343 e. The Bertz CT molecular complexity index is 1120. The highest BCUT2D eigenvalue weighted by molar-refractivity contribution is 5.96. The molecule has 1 aliphatic carbocycles. The van der Waals surface area contributed by atoms with E-state index in [4.69, 9.17) is 0 Å². The van der Waals surface area contributed by atoms with Gasteiger partial charge in [-0.1, -0.05) is 12.1 Å². The highest BCUT2D eigenvalue weighted by Gasteiger charge is 2.46. The lowest BCUT2D eigenvalue weighted by Crippen LogP contribution is -2.41. The van der Waals surface area contributed by atoms with E-state index < -0.39 is 17.6 Å². The number of hydrogen-bond donors (Lipinski definition) is 1. The molecule has 1 unspecified atom stereocenters. The van der Waals surface area contributed by atoms with E-state index in [0.29, 0.717) is 25.0 Å². The minimum absolute atomic E-state index is 0.0958. The van der Waals surface area contributed by atoms with Crippen molar-refractivity contribution in [1.29, 1.82) is 0 Å². The molecule has 3 fully saturated rings. The summed E-state index contributed by atoms with van der Waals surface area (Å²) in [6.45, 7) is 3.15. The lowest BCUT2D eigenvalue weighted by atomic mass is 9.83. The second-order valence-corrected chi connectivity index (χ2v) is 10.8. The molecule has 2 amide bonds. The van der Waals surface area contributed by atoms with Gasteiger partial charge in [0, 0.05) is 54.5 Å². The number of nitrogens with zero attached hydrogens (tertiary/aromatic N) is 3. The van der Waals surface area contributed by atoms with Gasteiger partial charge in [0.1, 0.15) is 0 Å². The molecule has 1 N–H and O–H groups in total. The third-order valence-electron chi connectivity index (χ3n) is 8.43. The lowest BCUT2D eigenvalue weighted by molar-refractivity contribution is -0.137. The number of benzene rings is 1. The second kappa shape index (κ2) is 10.4. The van der Waals surface area contributed by atoms with Crippen molar-refractivity contribution in [1.82, 2.24) is 20.1 Å². The Morgan fingerprint density at radius 2 is 1.78 bits per heavy atom. The quantitative estimate of drug-likeness (QED) is 0.639. The lowest BCUT2D eigenvalue weighted by Gasteiger charge is -2.35. The average Bonchev–Trinajstić information content (AvgIpc) is 3.54. The van der Waals surface area contributed by atoms with Gasteiger partial charge < -0.3 is 10.2 Å².